The molecule has 2 aliphatic heterocycles. The summed E-state index contributed by atoms with van der Waals surface area (Å²) in [7, 11) is 0. The van der Waals surface area contributed by atoms with Gasteiger partial charge in [0, 0.05) is 6.21 Å². The van der Waals surface area contributed by atoms with E-state index in [-0.39, 0.29) is 17.9 Å². The van der Waals surface area contributed by atoms with E-state index < -0.39 is 49.0 Å². The van der Waals surface area contributed by atoms with Gasteiger partial charge < -0.3 is 34.3 Å². The molecule has 0 bridgehead atoms. The summed E-state index contributed by atoms with van der Waals surface area (Å²) in [6.45, 7) is 6.07. The van der Waals surface area contributed by atoms with Gasteiger partial charge in [-0.05, 0) is 27.7 Å². The van der Waals surface area contributed by atoms with Crippen LogP contribution < -0.4 is 0 Å². The number of ether oxygens (including phenoxy) is 4. The van der Waals surface area contributed by atoms with Gasteiger partial charge in [-0.2, -0.15) is 0 Å². The molecule has 5 atom stereocenters. The predicted molar refractivity (Wildman–Crippen MR) is 86.0 cm³/mol. The van der Waals surface area contributed by atoms with Crippen molar-refractivity contribution in [1.82, 2.24) is 0 Å². The van der Waals surface area contributed by atoms with Crippen molar-refractivity contribution in [1.29, 1.82) is 0 Å². The number of fused-ring (bicyclic) bond motifs is 1. The van der Waals surface area contributed by atoms with Gasteiger partial charge in [0.1, 0.15) is 35.7 Å². The van der Waals surface area contributed by atoms with Crippen molar-refractivity contribution in [2.75, 3.05) is 13.2 Å². The maximum atomic E-state index is 11.8. The van der Waals surface area contributed by atoms with Crippen LogP contribution in [-0.4, -0.2) is 77.1 Å². The number of aliphatic hydroxyl groups is 3. The summed E-state index contributed by atoms with van der Waals surface area (Å²) in [6, 6.07) is -0.875. The molecular formula is C16H25NO8. The molecule has 0 amide bonds. The van der Waals surface area contributed by atoms with Crippen molar-refractivity contribution < 1.29 is 39.1 Å². The second-order valence-corrected chi connectivity index (χ2v) is 6.31. The fraction of sp³-hybridized carbons (Fsp3) is 0.750. The van der Waals surface area contributed by atoms with Gasteiger partial charge in [0.2, 0.25) is 0 Å². The Kier molecular flexibility index (Phi) is 6.17. The van der Waals surface area contributed by atoms with Crippen LogP contribution in [0.3, 0.4) is 0 Å². The van der Waals surface area contributed by atoms with Gasteiger partial charge in [-0.1, -0.05) is 0 Å². The standard InChI is InChI=1S/C16H25NO8/c1-5-22-14(21)9(8(2)19)6-17-10(7-18)12-11(20)13-15(23-12)25-16(3,4)24-13/h6,10-13,15,18-20H,5,7H2,1-4H3/b9-8-,17-6?/t10-,11+,12-,13-,15-/m1/s1. The number of hydrogen-bond donors (Lipinski definition) is 3. The van der Waals surface area contributed by atoms with E-state index in [9.17, 15) is 20.1 Å². The molecular weight excluding hydrogens is 334 g/mol. The molecule has 25 heavy (non-hydrogen) atoms. The molecule has 3 N–H and O–H groups in total. The average molecular weight is 359 g/mol. The average Bonchev–Trinajstić information content (AvgIpc) is 2.97. The highest BCUT2D eigenvalue weighted by Crippen LogP contribution is 2.38. The van der Waals surface area contributed by atoms with E-state index in [0.717, 1.165) is 6.21 Å². The van der Waals surface area contributed by atoms with Crippen LogP contribution in [0, 0.1) is 0 Å². The predicted octanol–water partition coefficient (Wildman–Crippen LogP) is 0.0505. The molecule has 0 saturated carbocycles. The lowest BCUT2D eigenvalue weighted by atomic mass is 10.0. The summed E-state index contributed by atoms with van der Waals surface area (Å²) in [5.41, 5.74) is -0.137. The first-order valence-electron chi connectivity index (χ1n) is 8.10. The smallest absolute Gasteiger partial charge is 0.343 e. The molecule has 2 rings (SSSR count). The second-order valence-electron chi connectivity index (χ2n) is 6.31. The van der Waals surface area contributed by atoms with Gasteiger partial charge >= 0.3 is 5.97 Å². The van der Waals surface area contributed by atoms with E-state index in [2.05, 4.69) is 4.99 Å². The first-order chi connectivity index (χ1) is 11.7. The number of aliphatic hydroxyl groups excluding tert-OH is 3. The summed E-state index contributed by atoms with van der Waals surface area (Å²) in [5.74, 6) is -1.87. The van der Waals surface area contributed by atoms with Crippen molar-refractivity contribution in [2.24, 2.45) is 4.99 Å². The number of carbonyl (C=O) groups excluding carboxylic acids is 1. The number of nitrogens with zero attached hydrogens (tertiary/aromatic N) is 1. The van der Waals surface area contributed by atoms with Crippen LogP contribution in [0.1, 0.15) is 27.7 Å². The maximum Gasteiger partial charge on any atom is 0.343 e. The molecule has 2 heterocycles. The van der Waals surface area contributed by atoms with E-state index in [1.165, 1.54) is 6.92 Å². The molecule has 2 aliphatic rings. The minimum atomic E-state index is -1.06. The number of allylic oxidation sites excluding steroid dienone is 1. The van der Waals surface area contributed by atoms with E-state index in [4.69, 9.17) is 18.9 Å². The zero-order chi connectivity index (χ0) is 18.8. The third kappa shape index (κ3) is 4.36. The second kappa shape index (κ2) is 7.79. The summed E-state index contributed by atoms with van der Waals surface area (Å²) in [4.78, 5) is 15.9. The highest BCUT2D eigenvalue weighted by Gasteiger charge is 2.55. The minimum absolute atomic E-state index is 0.137. The van der Waals surface area contributed by atoms with Crippen molar-refractivity contribution in [3.8, 4) is 0 Å². The first-order valence-corrected chi connectivity index (χ1v) is 8.10. The number of hydrogen-bond acceptors (Lipinski definition) is 9. The molecule has 0 aliphatic carbocycles. The number of carbonyl (C=O) groups is 1. The molecule has 142 valence electrons. The largest absolute Gasteiger partial charge is 0.512 e. The third-order valence-electron chi connectivity index (χ3n) is 3.90. The number of aliphatic imine (C=N–C) groups is 1. The van der Waals surface area contributed by atoms with Crippen LogP contribution >= 0.6 is 0 Å². The molecule has 9 nitrogen and oxygen atoms in total. The van der Waals surface area contributed by atoms with E-state index >= 15 is 0 Å². The zero-order valence-electron chi connectivity index (χ0n) is 14.7. The monoisotopic (exact) mass is 359 g/mol. The Morgan fingerprint density at radius 1 is 1.40 bits per heavy atom. The van der Waals surface area contributed by atoms with Crippen molar-refractivity contribution in [3.05, 3.63) is 11.3 Å². The van der Waals surface area contributed by atoms with Gasteiger partial charge in [-0.15, -0.1) is 0 Å². The van der Waals surface area contributed by atoms with Crippen molar-refractivity contribution in [3.63, 3.8) is 0 Å². The number of rotatable bonds is 6. The molecule has 0 aromatic carbocycles. The van der Waals surface area contributed by atoms with E-state index in [1.54, 1.807) is 20.8 Å². The lowest BCUT2D eigenvalue weighted by Crippen LogP contribution is -2.41. The van der Waals surface area contributed by atoms with Gasteiger partial charge in [-0.25, -0.2) is 4.79 Å². The van der Waals surface area contributed by atoms with Gasteiger partial charge in [0.05, 0.1) is 13.2 Å². The Balaban J connectivity index is 2.10. The lowest BCUT2D eigenvalue weighted by Gasteiger charge is -2.25. The highest BCUT2D eigenvalue weighted by molar-refractivity contribution is 6.09. The summed E-state index contributed by atoms with van der Waals surface area (Å²) >= 11 is 0. The van der Waals surface area contributed by atoms with E-state index in [1.807, 2.05) is 0 Å². The van der Waals surface area contributed by atoms with E-state index in [0.29, 0.717) is 0 Å². The van der Waals surface area contributed by atoms with Crippen molar-refractivity contribution >= 4 is 12.2 Å². The van der Waals surface area contributed by atoms with Gasteiger partial charge in [0.15, 0.2) is 12.1 Å². The Bertz CT molecular complexity index is 554. The quantitative estimate of drug-likeness (QED) is 0.263. The van der Waals surface area contributed by atoms with Crippen LogP contribution in [0.25, 0.3) is 0 Å². The Hall–Kier alpha value is -1.52. The summed E-state index contributed by atoms with van der Waals surface area (Å²) in [6.07, 6.45) is -2.30. The fourth-order valence-electron chi connectivity index (χ4n) is 2.74. The highest BCUT2D eigenvalue weighted by atomic mass is 16.8. The van der Waals surface area contributed by atoms with Gasteiger partial charge in [0.25, 0.3) is 0 Å². The first kappa shape index (κ1) is 19.8. The fourth-order valence-corrected chi connectivity index (χ4v) is 2.74. The molecule has 2 fully saturated rings. The molecule has 2 saturated heterocycles. The summed E-state index contributed by atoms with van der Waals surface area (Å²) < 4.78 is 21.6. The van der Waals surface area contributed by atoms with Crippen molar-refractivity contribution in [2.45, 2.75) is 64.1 Å². The Morgan fingerprint density at radius 2 is 2.08 bits per heavy atom. The Labute approximate surface area is 145 Å². The Morgan fingerprint density at radius 3 is 2.60 bits per heavy atom. The topological polar surface area (TPSA) is 127 Å². The number of esters is 1. The molecule has 0 radical (unpaired) electrons. The lowest BCUT2D eigenvalue weighted by molar-refractivity contribution is -0.217. The van der Waals surface area contributed by atoms with Crippen LogP contribution in [-0.2, 0) is 23.7 Å². The maximum absolute atomic E-state index is 11.8. The van der Waals surface area contributed by atoms with Crippen LogP contribution in [0.15, 0.2) is 16.3 Å². The summed E-state index contributed by atoms with van der Waals surface area (Å²) in [5, 5.41) is 29.6. The molecule has 0 spiro atoms. The molecule has 0 aromatic heterocycles. The zero-order valence-corrected chi connectivity index (χ0v) is 14.7. The molecule has 0 aromatic rings. The third-order valence-corrected chi connectivity index (χ3v) is 3.90. The molecule has 9 heteroatoms. The molecule has 0 unspecified atom stereocenters. The minimum Gasteiger partial charge on any atom is -0.512 e. The van der Waals surface area contributed by atoms with Crippen LogP contribution in [0.5, 0.6) is 0 Å². The van der Waals surface area contributed by atoms with Crippen LogP contribution in [0.4, 0.5) is 0 Å². The normalized spacial score (nSPS) is 33.2. The van der Waals surface area contributed by atoms with Crippen LogP contribution in [0.2, 0.25) is 0 Å². The SMILES string of the molecule is CCOC(=O)/C(C=N[C@H](CO)[C@H]1O[C@@H]2OC(C)(C)O[C@@H]2[C@H]1O)=C(/C)O. The van der Waals surface area contributed by atoms with Gasteiger partial charge in [-0.3, -0.25) is 4.99 Å².